The van der Waals surface area contributed by atoms with Crippen molar-refractivity contribution >= 4 is 29.9 Å². The standard InChI is InChI=1S/C9H17F2N3O.HI/c1-5(4-15-2)13-9(12)14-7-3-6(7)8(10)11;/h5-8H,3-4H2,1-2H3,(H3,12,13,14);1H/t5?,6-,7-;/m0./s1. The van der Waals surface area contributed by atoms with E-state index in [1.54, 1.807) is 7.11 Å². The van der Waals surface area contributed by atoms with Crippen LogP contribution in [0.25, 0.3) is 0 Å². The Morgan fingerprint density at radius 2 is 2.25 bits per heavy atom. The van der Waals surface area contributed by atoms with Crippen LogP contribution in [0.3, 0.4) is 0 Å². The molecule has 0 heterocycles. The number of alkyl halides is 2. The fraction of sp³-hybridized carbons (Fsp3) is 0.889. The highest BCUT2D eigenvalue weighted by molar-refractivity contribution is 14.0. The highest BCUT2D eigenvalue weighted by Gasteiger charge is 2.44. The molecule has 1 rings (SSSR count). The van der Waals surface area contributed by atoms with E-state index in [9.17, 15) is 8.78 Å². The summed E-state index contributed by atoms with van der Waals surface area (Å²) in [5, 5.41) is 2.87. The van der Waals surface area contributed by atoms with Crippen molar-refractivity contribution in [3.05, 3.63) is 0 Å². The molecule has 3 N–H and O–H groups in total. The van der Waals surface area contributed by atoms with Crippen LogP contribution in [0.5, 0.6) is 0 Å². The van der Waals surface area contributed by atoms with Crippen LogP contribution >= 0.6 is 24.0 Å². The normalized spacial score (nSPS) is 26.2. The Hall–Kier alpha value is -0.180. The van der Waals surface area contributed by atoms with Crippen LogP contribution < -0.4 is 11.1 Å². The van der Waals surface area contributed by atoms with E-state index in [0.29, 0.717) is 13.0 Å². The SMILES string of the molecule is COCC(C)NC(N)=N[C@H]1C[C@@H]1C(F)F.I. The van der Waals surface area contributed by atoms with Gasteiger partial charge in [-0.1, -0.05) is 0 Å². The molecule has 0 aromatic carbocycles. The maximum absolute atomic E-state index is 12.2. The van der Waals surface area contributed by atoms with Gasteiger partial charge in [0.05, 0.1) is 12.6 Å². The number of nitrogens with one attached hydrogen (secondary N) is 1. The fourth-order valence-corrected chi connectivity index (χ4v) is 1.38. The number of aliphatic imine (C=N–C) groups is 1. The Morgan fingerprint density at radius 3 is 2.69 bits per heavy atom. The smallest absolute Gasteiger partial charge is 0.243 e. The van der Waals surface area contributed by atoms with E-state index >= 15 is 0 Å². The van der Waals surface area contributed by atoms with Gasteiger partial charge in [0.2, 0.25) is 6.43 Å². The summed E-state index contributed by atoms with van der Waals surface area (Å²) >= 11 is 0. The van der Waals surface area contributed by atoms with Gasteiger partial charge in [-0.05, 0) is 13.3 Å². The number of hydrogen-bond donors (Lipinski definition) is 2. The third-order valence-electron chi connectivity index (χ3n) is 2.24. The van der Waals surface area contributed by atoms with Crippen molar-refractivity contribution in [3.8, 4) is 0 Å². The molecule has 0 aliphatic heterocycles. The molecule has 0 aromatic rings. The molecule has 0 radical (unpaired) electrons. The molecule has 1 unspecified atom stereocenters. The molecule has 1 fully saturated rings. The van der Waals surface area contributed by atoms with Crippen LogP contribution in [0.1, 0.15) is 13.3 Å². The lowest BCUT2D eigenvalue weighted by atomic mass is 10.4. The van der Waals surface area contributed by atoms with Gasteiger partial charge in [0, 0.05) is 19.1 Å². The molecule has 1 saturated carbocycles. The minimum atomic E-state index is -2.29. The number of nitrogens with two attached hydrogens (primary N) is 1. The number of guanidine groups is 1. The fourth-order valence-electron chi connectivity index (χ4n) is 1.38. The Balaban J connectivity index is 0.00000225. The maximum Gasteiger partial charge on any atom is 0.243 e. The van der Waals surface area contributed by atoms with E-state index in [1.165, 1.54) is 0 Å². The van der Waals surface area contributed by atoms with Gasteiger partial charge in [-0.15, -0.1) is 24.0 Å². The van der Waals surface area contributed by atoms with Crippen LogP contribution in [-0.2, 0) is 4.74 Å². The number of methoxy groups -OCH3 is 1. The molecule has 0 amide bonds. The van der Waals surface area contributed by atoms with Crippen LogP contribution in [0.4, 0.5) is 8.78 Å². The number of halogens is 3. The molecule has 16 heavy (non-hydrogen) atoms. The Morgan fingerprint density at radius 1 is 1.62 bits per heavy atom. The zero-order chi connectivity index (χ0) is 11.4. The summed E-state index contributed by atoms with van der Waals surface area (Å²) in [6.07, 6.45) is -1.86. The lowest BCUT2D eigenvalue weighted by Crippen LogP contribution is -2.40. The third-order valence-corrected chi connectivity index (χ3v) is 2.24. The minimum absolute atomic E-state index is 0. The highest BCUT2D eigenvalue weighted by atomic mass is 127. The second kappa shape index (κ2) is 7.21. The van der Waals surface area contributed by atoms with Gasteiger partial charge in [0.1, 0.15) is 0 Å². The average Bonchev–Trinajstić information content (AvgIpc) is 2.83. The first-order valence-corrected chi connectivity index (χ1v) is 4.91. The monoisotopic (exact) mass is 349 g/mol. The van der Waals surface area contributed by atoms with E-state index in [4.69, 9.17) is 10.5 Å². The number of ether oxygens (including phenoxy) is 1. The van der Waals surface area contributed by atoms with Gasteiger partial charge in [-0.3, -0.25) is 0 Å². The lowest BCUT2D eigenvalue weighted by Gasteiger charge is -2.12. The Kier molecular flexibility index (Phi) is 7.12. The average molecular weight is 349 g/mol. The molecule has 0 bridgehead atoms. The number of hydrogen-bond acceptors (Lipinski definition) is 2. The van der Waals surface area contributed by atoms with Gasteiger partial charge in [0.15, 0.2) is 5.96 Å². The lowest BCUT2D eigenvalue weighted by molar-refractivity contribution is 0.121. The first-order valence-electron chi connectivity index (χ1n) is 4.91. The summed E-state index contributed by atoms with van der Waals surface area (Å²) in [4.78, 5) is 3.96. The minimum Gasteiger partial charge on any atom is -0.383 e. The van der Waals surface area contributed by atoms with Crippen LogP contribution in [-0.4, -0.2) is 38.2 Å². The topological polar surface area (TPSA) is 59.6 Å². The van der Waals surface area contributed by atoms with E-state index in [2.05, 4.69) is 10.3 Å². The Labute approximate surface area is 111 Å². The third kappa shape index (κ3) is 5.24. The molecule has 1 aliphatic carbocycles. The van der Waals surface area contributed by atoms with Gasteiger partial charge in [-0.2, -0.15) is 0 Å². The molecule has 0 saturated heterocycles. The zero-order valence-electron chi connectivity index (χ0n) is 9.32. The number of rotatable bonds is 5. The molecule has 3 atom stereocenters. The molecule has 0 spiro atoms. The first kappa shape index (κ1) is 15.8. The number of nitrogens with zero attached hydrogens (tertiary/aromatic N) is 1. The summed E-state index contributed by atoms with van der Waals surface area (Å²) in [5.41, 5.74) is 5.55. The first-order chi connectivity index (χ1) is 7.04. The molecule has 7 heteroatoms. The summed E-state index contributed by atoms with van der Waals surface area (Å²) in [7, 11) is 1.58. The zero-order valence-corrected chi connectivity index (χ0v) is 11.7. The van der Waals surface area contributed by atoms with E-state index in [0.717, 1.165) is 0 Å². The second-order valence-corrected chi connectivity index (χ2v) is 3.82. The van der Waals surface area contributed by atoms with Crippen LogP contribution in [0.2, 0.25) is 0 Å². The molecule has 0 aromatic heterocycles. The maximum atomic E-state index is 12.2. The summed E-state index contributed by atoms with van der Waals surface area (Å²) in [5.74, 6) is -0.393. The van der Waals surface area contributed by atoms with E-state index in [1.807, 2.05) is 6.92 Å². The largest absolute Gasteiger partial charge is 0.383 e. The van der Waals surface area contributed by atoms with Crippen molar-refractivity contribution in [1.82, 2.24) is 5.32 Å². The van der Waals surface area contributed by atoms with Crippen molar-refractivity contribution in [2.45, 2.75) is 31.9 Å². The quantitative estimate of drug-likeness (QED) is 0.446. The Bertz CT molecular complexity index is 241. The summed E-state index contributed by atoms with van der Waals surface area (Å²) in [6.45, 7) is 2.38. The van der Waals surface area contributed by atoms with Crippen molar-refractivity contribution in [2.24, 2.45) is 16.6 Å². The summed E-state index contributed by atoms with van der Waals surface area (Å²) in [6, 6.07) is -0.283. The van der Waals surface area contributed by atoms with Crippen molar-refractivity contribution in [3.63, 3.8) is 0 Å². The molecule has 4 nitrogen and oxygen atoms in total. The van der Waals surface area contributed by atoms with Gasteiger partial charge in [-0.25, -0.2) is 13.8 Å². The van der Waals surface area contributed by atoms with Gasteiger partial charge in [0.25, 0.3) is 0 Å². The van der Waals surface area contributed by atoms with Crippen molar-refractivity contribution in [1.29, 1.82) is 0 Å². The molecular weight excluding hydrogens is 331 g/mol. The van der Waals surface area contributed by atoms with Crippen LogP contribution in [0, 0.1) is 5.92 Å². The second-order valence-electron chi connectivity index (χ2n) is 3.82. The highest BCUT2D eigenvalue weighted by Crippen LogP contribution is 2.38. The molecule has 1 aliphatic rings. The van der Waals surface area contributed by atoms with Gasteiger partial charge < -0.3 is 15.8 Å². The predicted molar refractivity (Wildman–Crippen MR) is 69.4 cm³/mol. The predicted octanol–water partition coefficient (Wildman–Crippen LogP) is 1.20. The van der Waals surface area contributed by atoms with E-state index < -0.39 is 12.3 Å². The van der Waals surface area contributed by atoms with Crippen molar-refractivity contribution < 1.29 is 13.5 Å². The molecular formula is C9H18F2IN3O. The summed E-state index contributed by atoms with van der Waals surface area (Å²) < 4.78 is 29.2. The van der Waals surface area contributed by atoms with Gasteiger partial charge >= 0.3 is 0 Å². The van der Waals surface area contributed by atoms with Crippen molar-refractivity contribution in [2.75, 3.05) is 13.7 Å². The van der Waals surface area contributed by atoms with Crippen LogP contribution in [0.15, 0.2) is 4.99 Å². The molecule has 96 valence electrons. The van der Waals surface area contributed by atoms with E-state index in [-0.39, 0.29) is 42.0 Å².